The molecule has 0 radical (unpaired) electrons. The van der Waals surface area contributed by atoms with Crippen LogP contribution in [0.5, 0.6) is 0 Å². The molecular weight excluding hydrogens is 198 g/mol. The number of hydrogen-bond acceptors (Lipinski definition) is 1. The van der Waals surface area contributed by atoms with Gasteiger partial charge in [-0.15, -0.1) is 0 Å². The molecule has 0 saturated carbocycles. The zero-order valence-corrected chi connectivity index (χ0v) is 8.89. The van der Waals surface area contributed by atoms with Crippen molar-refractivity contribution in [2.24, 2.45) is 0 Å². The first-order valence-electron chi connectivity index (χ1n) is 4.94. The molecule has 0 fully saturated rings. The Morgan fingerprint density at radius 2 is 2.07 bits per heavy atom. The number of alkyl halides is 2. The second kappa shape index (κ2) is 5.01. The summed E-state index contributed by atoms with van der Waals surface area (Å²) in [4.78, 5) is 10.9. The number of rotatable bonds is 4. The van der Waals surface area contributed by atoms with Crippen LogP contribution in [0, 0.1) is 0 Å². The molecule has 1 aromatic carbocycles. The van der Waals surface area contributed by atoms with E-state index >= 15 is 0 Å². The van der Waals surface area contributed by atoms with Crippen LogP contribution in [0.2, 0.25) is 0 Å². The number of carbonyl (C=O) groups is 1. The Kier molecular flexibility index (Phi) is 3.95. The van der Waals surface area contributed by atoms with E-state index in [0.29, 0.717) is 5.56 Å². The first-order valence-corrected chi connectivity index (χ1v) is 4.94. The Morgan fingerprint density at radius 3 is 2.53 bits per heavy atom. The second-order valence-electron chi connectivity index (χ2n) is 3.57. The molecule has 0 aromatic heterocycles. The Bertz CT molecular complexity index is 359. The lowest BCUT2D eigenvalue weighted by atomic mass is 9.99. The first kappa shape index (κ1) is 11.8. The van der Waals surface area contributed by atoms with E-state index in [0.717, 1.165) is 12.0 Å². The van der Waals surface area contributed by atoms with E-state index in [-0.39, 0.29) is 17.8 Å². The maximum absolute atomic E-state index is 12.7. The topological polar surface area (TPSA) is 17.1 Å². The van der Waals surface area contributed by atoms with Gasteiger partial charge in [-0.3, -0.25) is 4.79 Å². The number of benzene rings is 1. The lowest BCUT2D eigenvalue weighted by Crippen LogP contribution is -2.02. The maximum Gasteiger partial charge on any atom is 0.264 e. The van der Waals surface area contributed by atoms with Gasteiger partial charge in [-0.25, -0.2) is 8.78 Å². The van der Waals surface area contributed by atoms with Gasteiger partial charge in [0.1, 0.15) is 5.78 Å². The average molecular weight is 212 g/mol. The molecule has 0 aliphatic carbocycles. The number of hydrogen-bond donors (Lipinski definition) is 0. The smallest absolute Gasteiger partial charge is 0.264 e. The number of carbonyl (C=O) groups excluding carboxylic acids is 1. The van der Waals surface area contributed by atoms with Gasteiger partial charge in [0, 0.05) is 12.0 Å². The molecule has 0 N–H and O–H groups in total. The van der Waals surface area contributed by atoms with E-state index in [2.05, 4.69) is 0 Å². The normalized spacial score (nSPS) is 10.7. The number of ketones is 1. The van der Waals surface area contributed by atoms with Gasteiger partial charge in [0.25, 0.3) is 6.43 Å². The lowest BCUT2D eigenvalue weighted by Gasteiger charge is -2.09. The van der Waals surface area contributed by atoms with Crippen molar-refractivity contribution < 1.29 is 13.6 Å². The maximum atomic E-state index is 12.7. The van der Waals surface area contributed by atoms with Gasteiger partial charge in [0.2, 0.25) is 0 Å². The van der Waals surface area contributed by atoms with Crippen LogP contribution in [-0.2, 0) is 17.6 Å². The van der Waals surface area contributed by atoms with Crippen molar-refractivity contribution >= 4 is 5.78 Å². The summed E-state index contributed by atoms with van der Waals surface area (Å²) in [5.74, 6) is -0.0962. The zero-order valence-electron chi connectivity index (χ0n) is 8.89. The van der Waals surface area contributed by atoms with Crippen molar-refractivity contribution in [1.29, 1.82) is 0 Å². The molecule has 3 heteroatoms. The highest BCUT2D eigenvalue weighted by atomic mass is 19.3. The molecule has 0 aliphatic rings. The molecule has 0 spiro atoms. The van der Waals surface area contributed by atoms with Crippen LogP contribution in [0.15, 0.2) is 18.2 Å². The van der Waals surface area contributed by atoms with Crippen LogP contribution in [0.4, 0.5) is 8.78 Å². The summed E-state index contributed by atoms with van der Waals surface area (Å²) in [7, 11) is 0. The highest BCUT2D eigenvalue weighted by Gasteiger charge is 2.14. The van der Waals surface area contributed by atoms with E-state index in [4.69, 9.17) is 0 Å². The standard InChI is InChI=1S/C12H14F2O/c1-3-9-4-5-10(6-8(2)15)11(7-9)12(13)14/h4-5,7,12H,3,6H2,1-2H3. The molecule has 0 saturated heterocycles. The van der Waals surface area contributed by atoms with Crippen molar-refractivity contribution in [2.45, 2.75) is 33.1 Å². The van der Waals surface area contributed by atoms with Crippen LogP contribution in [0.3, 0.4) is 0 Å². The lowest BCUT2D eigenvalue weighted by molar-refractivity contribution is -0.116. The number of Topliss-reactive ketones (excluding diaryl/α,β-unsaturated/α-hetero) is 1. The highest BCUT2D eigenvalue weighted by molar-refractivity contribution is 5.78. The fourth-order valence-corrected chi connectivity index (χ4v) is 1.50. The molecule has 1 nitrogen and oxygen atoms in total. The van der Waals surface area contributed by atoms with Gasteiger partial charge in [0.05, 0.1) is 0 Å². The Labute approximate surface area is 88.1 Å². The summed E-state index contributed by atoms with van der Waals surface area (Å²) in [6.45, 7) is 3.32. The molecule has 1 aromatic rings. The predicted molar refractivity (Wildman–Crippen MR) is 55.2 cm³/mol. The van der Waals surface area contributed by atoms with Crippen LogP contribution < -0.4 is 0 Å². The molecular formula is C12H14F2O. The minimum Gasteiger partial charge on any atom is -0.300 e. The molecule has 0 unspecified atom stereocenters. The fourth-order valence-electron chi connectivity index (χ4n) is 1.50. The van der Waals surface area contributed by atoms with Gasteiger partial charge in [-0.1, -0.05) is 19.1 Å². The molecule has 0 bridgehead atoms. The average Bonchev–Trinajstić information content (AvgIpc) is 2.17. The molecule has 15 heavy (non-hydrogen) atoms. The van der Waals surface area contributed by atoms with Crippen LogP contribution in [0.25, 0.3) is 0 Å². The molecule has 0 amide bonds. The van der Waals surface area contributed by atoms with E-state index in [1.165, 1.54) is 13.0 Å². The monoisotopic (exact) mass is 212 g/mol. The third kappa shape index (κ3) is 3.11. The summed E-state index contributed by atoms with van der Waals surface area (Å²) in [6, 6.07) is 4.91. The highest BCUT2D eigenvalue weighted by Crippen LogP contribution is 2.25. The number of halogens is 2. The molecule has 82 valence electrons. The Hall–Kier alpha value is -1.25. The molecule has 1 rings (SSSR count). The summed E-state index contributed by atoms with van der Waals surface area (Å²) >= 11 is 0. The minimum atomic E-state index is -2.51. The SMILES string of the molecule is CCc1ccc(CC(C)=O)c(C(F)F)c1. The van der Waals surface area contributed by atoms with Crippen LogP contribution in [-0.4, -0.2) is 5.78 Å². The zero-order chi connectivity index (χ0) is 11.4. The summed E-state index contributed by atoms with van der Waals surface area (Å²) in [5.41, 5.74) is 1.30. The number of aryl methyl sites for hydroxylation is 1. The Morgan fingerprint density at radius 1 is 1.40 bits per heavy atom. The largest absolute Gasteiger partial charge is 0.300 e. The van der Waals surface area contributed by atoms with Crippen molar-refractivity contribution in [3.05, 3.63) is 34.9 Å². The molecule has 0 aliphatic heterocycles. The summed E-state index contributed by atoms with van der Waals surface area (Å²) in [6.07, 6.45) is -1.70. The van der Waals surface area contributed by atoms with Crippen molar-refractivity contribution in [2.75, 3.05) is 0 Å². The van der Waals surface area contributed by atoms with Gasteiger partial charge in [-0.05, 0) is 30.5 Å². The van der Waals surface area contributed by atoms with Crippen molar-refractivity contribution in [3.8, 4) is 0 Å². The first-order chi connectivity index (χ1) is 7.04. The van der Waals surface area contributed by atoms with Gasteiger partial charge in [-0.2, -0.15) is 0 Å². The fraction of sp³-hybridized carbons (Fsp3) is 0.417. The van der Waals surface area contributed by atoms with E-state index in [1.807, 2.05) is 6.92 Å². The van der Waals surface area contributed by atoms with Crippen LogP contribution in [0.1, 0.15) is 37.0 Å². The van der Waals surface area contributed by atoms with Gasteiger partial charge in [0.15, 0.2) is 0 Å². The minimum absolute atomic E-state index is 0.00968. The van der Waals surface area contributed by atoms with Gasteiger partial charge >= 0.3 is 0 Å². The molecule has 0 atom stereocenters. The van der Waals surface area contributed by atoms with Crippen molar-refractivity contribution in [1.82, 2.24) is 0 Å². The van der Waals surface area contributed by atoms with Crippen LogP contribution >= 0.6 is 0 Å². The third-order valence-electron chi connectivity index (χ3n) is 2.29. The van der Waals surface area contributed by atoms with E-state index in [9.17, 15) is 13.6 Å². The summed E-state index contributed by atoms with van der Waals surface area (Å²) < 4.78 is 25.4. The van der Waals surface area contributed by atoms with Crippen molar-refractivity contribution in [3.63, 3.8) is 0 Å². The van der Waals surface area contributed by atoms with Gasteiger partial charge < -0.3 is 0 Å². The van der Waals surface area contributed by atoms with E-state index < -0.39 is 6.43 Å². The molecule has 0 heterocycles. The van der Waals surface area contributed by atoms with E-state index in [1.54, 1.807) is 12.1 Å². The summed E-state index contributed by atoms with van der Waals surface area (Å²) in [5, 5.41) is 0. The second-order valence-corrected chi connectivity index (χ2v) is 3.57. The Balaban J connectivity index is 3.09. The third-order valence-corrected chi connectivity index (χ3v) is 2.29. The predicted octanol–water partition coefficient (Wildman–Crippen LogP) is 3.32. The quantitative estimate of drug-likeness (QED) is 0.748.